The molecule has 3 aromatic rings. The van der Waals surface area contributed by atoms with E-state index in [4.69, 9.17) is 16.0 Å². The number of carbonyl (C=O) groups is 2. The Morgan fingerprint density at radius 3 is 2.68 bits per heavy atom. The number of nitrogens with zero attached hydrogens (tertiary/aromatic N) is 1. The van der Waals surface area contributed by atoms with Gasteiger partial charge in [0.05, 0.1) is 18.3 Å². The number of hydrogen-bond acceptors (Lipinski definition) is 5. The second-order valence-electron chi connectivity index (χ2n) is 5.25. The Labute approximate surface area is 146 Å². The number of halogens is 1. The fourth-order valence-corrected chi connectivity index (χ4v) is 2.47. The lowest BCUT2D eigenvalue weighted by Crippen LogP contribution is -2.42. The molecule has 0 aliphatic carbocycles. The number of amides is 2. The zero-order chi connectivity index (χ0) is 18.0. The average Bonchev–Trinajstić information content (AvgIpc) is 2.92. The van der Waals surface area contributed by atoms with Gasteiger partial charge in [0.2, 0.25) is 11.6 Å². The summed E-state index contributed by atoms with van der Waals surface area (Å²) in [6.45, 7) is 1.53. The van der Waals surface area contributed by atoms with E-state index in [2.05, 4.69) is 20.8 Å². The molecule has 0 aliphatic rings. The summed E-state index contributed by atoms with van der Waals surface area (Å²) >= 11 is 5.78. The van der Waals surface area contributed by atoms with Crippen LogP contribution in [-0.4, -0.2) is 21.8 Å². The fraction of sp³-hybridized carbons (Fsp3) is 0.125. The third-order valence-corrected chi connectivity index (χ3v) is 3.74. The number of aromatic nitrogens is 2. The van der Waals surface area contributed by atoms with Crippen molar-refractivity contribution in [2.24, 2.45) is 0 Å². The van der Waals surface area contributed by atoms with Gasteiger partial charge >= 0.3 is 0 Å². The molecule has 0 saturated carbocycles. The number of rotatable bonds is 3. The Morgan fingerprint density at radius 1 is 1.24 bits per heavy atom. The van der Waals surface area contributed by atoms with Gasteiger partial charge in [0.15, 0.2) is 0 Å². The molecule has 0 bridgehead atoms. The lowest BCUT2D eigenvalue weighted by molar-refractivity contribution is -0.121. The number of hydrazine groups is 1. The highest BCUT2D eigenvalue weighted by atomic mass is 35.5. The van der Waals surface area contributed by atoms with E-state index in [9.17, 15) is 14.4 Å². The summed E-state index contributed by atoms with van der Waals surface area (Å²) in [5.41, 5.74) is 4.89. The molecule has 0 atom stereocenters. The van der Waals surface area contributed by atoms with Crippen molar-refractivity contribution in [1.29, 1.82) is 0 Å². The van der Waals surface area contributed by atoms with Gasteiger partial charge in [-0.15, -0.1) is 0 Å². The van der Waals surface area contributed by atoms with Gasteiger partial charge in [-0.3, -0.25) is 25.2 Å². The smallest absolute Gasteiger partial charge is 0.274 e. The molecule has 0 saturated heterocycles. The molecular weight excluding hydrogens is 348 g/mol. The molecule has 0 aliphatic heterocycles. The lowest BCUT2D eigenvalue weighted by Gasteiger charge is -2.07. The predicted octanol–water partition coefficient (Wildman–Crippen LogP) is 1.48. The number of nitrogens with one attached hydrogen (secondary N) is 3. The minimum Gasteiger partial charge on any atom is -0.442 e. The number of carbonyl (C=O) groups excluding carboxylic acids is 2. The Bertz CT molecular complexity index is 1010. The van der Waals surface area contributed by atoms with Crippen LogP contribution in [0, 0.1) is 6.92 Å². The molecule has 1 aromatic carbocycles. The number of furan rings is 1. The molecule has 2 heterocycles. The fourth-order valence-electron chi connectivity index (χ4n) is 2.35. The number of hydrogen-bond donors (Lipinski definition) is 3. The van der Waals surface area contributed by atoms with E-state index in [1.807, 2.05) is 0 Å². The van der Waals surface area contributed by atoms with Crippen molar-refractivity contribution in [3.8, 4) is 0 Å². The molecule has 128 valence electrons. The van der Waals surface area contributed by atoms with Crippen LogP contribution in [0.15, 0.2) is 39.8 Å². The van der Waals surface area contributed by atoms with Gasteiger partial charge in [-0.2, -0.15) is 0 Å². The van der Waals surface area contributed by atoms with Crippen LogP contribution in [0.1, 0.15) is 21.7 Å². The lowest BCUT2D eigenvalue weighted by atomic mass is 10.1. The third kappa shape index (κ3) is 3.53. The normalized spacial score (nSPS) is 10.6. The van der Waals surface area contributed by atoms with Crippen molar-refractivity contribution in [3.63, 3.8) is 0 Å². The first-order chi connectivity index (χ1) is 12.0. The van der Waals surface area contributed by atoms with Crippen LogP contribution in [-0.2, 0) is 11.2 Å². The first-order valence-corrected chi connectivity index (χ1v) is 7.64. The maximum Gasteiger partial charge on any atom is 0.274 e. The number of fused-ring (bicyclic) bond motifs is 1. The molecular formula is C16H13ClN4O4. The zero-order valence-electron chi connectivity index (χ0n) is 13.1. The predicted molar refractivity (Wildman–Crippen MR) is 90.1 cm³/mol. The summed E-state index contributed by atoms with van der Waals surface area (Å²) in [7, 11) is 0. The molecule has 2 amide bonds. The molecule has 0 radical (unpaired) electrons. The third-order valence-electron chi connectivity index (χ3n) is 3.49. The largest absolute Gasteiger partial charge is 0.442 e. The first kappa shape index (κ1) is 16.7. The molecule has 3 rings (SSSR count). The summed E-state index contributed by atoms with van der Waals surface area (Å²) in [4.78, 5) is 42.4. The molecule has 3 N–H and O–H groups in total. The Balaban J connectivity index is 1.71. The molecule has 2 aromatic heterocycles. The average molecular weight is 361 g/mol. The Kier molecular flexibility index (Phi) is 4.53. The standard InChI is InChI=1S/C16H13ClN4O4/c1-8-12(13-14(23)18-7-19-16(13)25-8)15(24)21-20-11(22)6-9-2-4-10(17)5-3-9/h2-5,7H,6H2,1H3,(H,20,22)(H,21,24)(H,18,19,23). The van der Waals surface area contributed by atoms with Gasteiger partial charge in [0.25, 0.3) is 11.5 Å². The highest BCUT2D eigenvalue weighted by Crippen LogP contribution is 2.19. The van der Waals surface area contributed by atoms with Crippen molar-refractivity contribution in [1.82, 2.24) is 20.8 Å². The summed E-state index contributed by atoms with van der Waals surface area (Å²) in [6.07, 6.45) is 1.24. The topological polar surface area (TPSA) is 117 Å². The second-order valence-corrected chi connectivity index (χ2v) is 5.69. The van der Waals surface area contributed by atoms with Crippen LogP contribution in [0.2, 0.25) is 5.02 Å². The minimum absolute atomic E-state index is 0.0242. The number of benzene rings is 1. The van der Waals surface area contributed by atoms with E-state index in [0.29, 0.717) is 5.02 Å². The summed E-state index contributed by atoms with van der Waals surface area (Å²) < 4.78 is 5.30. The van der Waals surface area contributed by atoms with Gasteiger partial charge in [0.1, 0.15) is 11.1 Å². The minimum atomic E-state index is -0.667. The van der Waals surface area contributed by atoms with Gasteiger partial charge in [-0.25, -0.2) is 4.98 Å². The Hall–Kier alpha value is -3.13. The van der Waals surface area contributed by atoms with E-state index in [1.54, 1.807) is 24.3 Å². The quantitative estimate of drug-likeness (QED) is 0.611. The highest BCUT2D eigenvalue weighted by molar-refractivity contribution is 6.30. The van der Waals surface area contributed by atoms with Crippen LogP contribution in [0.5, 0.6) is 0 Å². The van der Waals surface area contributed by atoms with E-state index >= 15 is 0 Å². The van der Waals surface area contributed by atoms with E-state index < -0.39 is 17.4 Å². The molecule has 25 heavy (non-hydrogen) atoms. The van der Waals surface area contributed by atoms with Gasteiger partial charge in [-0.1, -0.05) is 23.7 Å². The van der Waals surface area contributed by atoms with Crippen LogP contribution >= 0.6 is 11.6 Å². The van der Waals surface area contributed by atoms with Crippen molar-refractivity contribution in [2.45, 2.75) is 13.3 Å². The van der Waals surface area contributed by atoms with Crippen LogP contribution < -0.4 is 16.4 Å². The van der Waals surface area contributed by atoms with E-state index in [1.165, 1.54) is 13.3 Å². The highest BCUT2D eigenvalue weighted by Gasteiger charge is 2.21. The molecule has 0 spiro atoms. The molecule has 9 heteroatoms. The molecule has 8 nitrogen and oxygen atoms in total. The molecule has 0 fully saturated rings. The van der Waals surface area contributed by atoms with Crippen molar-refractivity contribution in [2.75, 3.05) is 0 Å². The van der Waals surface area contributed by atoms with E-state index in [0.717, 1.165) is 5.56 Å². The second kappa shape index (κ2) is 6.78. The monoisotopic (exact) mass is 360 g/mol. The molecule has 0 unspecified atom stereocenters. The maximum atomic E-state index is 12.3. The van der Waals surface area contributed by atoms with Crippen LogP contribution in [0.25, 0.3) is 11.1 Å². The number of aryl methyl sites for hydroxylation is 1. The van der Waals surface area contributed by atoms with Crippen molar-refractivity contribution >= 4 is 34.5 Å². The first-order valence-electron chi connectivity index (χ1n) is 7.26. The van der Waals surface area contributed by atoms with Gasteiger partial charge in [0, 0.05) is 5.02 Å². The number of aromatic amines is 1. The van der Waals surface area contributed by atoms with Crippen molar-refractivity contribution in [3.05, 3.63) is 62.9 Å². The SMILES string of the molecule is Cc1oc2nc[nH]c(=O)c2c1C(=O)NNC(=O)Cc1ccc(Cl)cc1. The van der Waals surface area contributed by atoms with Crippen molar-refractivity contribution < 1.29 is 14.0 Å². The zero-order valence-corrected chi connectivity index (χ0v) is 13.8. The van der Waals surface area contributed by atoms with Gasteiger partial charge in [-0.05, 0) is 24.6 Å². The van der Waals surface area contributed by atoms with E-state index in [-0.39, 0.29) is 28.8 Å². The van der Waals surface area contributed by atoms with Gasteiger partial charge < -0.3 is 9.40 Å². The summed E-state index contributed by atoms with van der Waals surface area (Å²) in [5, 5.41) is 0.600. The van der Waals surface area contributed by atoms with Crippen LogP contribution in [0.4, 0.5) is 0 Å². The summed E-state index contributed by atoms with van der Waals surface area (Å²) in [5.74, 6) is -0.865. The summed E-state index contributed by atoms with van der Waals surface area (Å²) in [6, 6.07) is 6.76. The number of H-pyrrole nitrogens is 1. The maximum absolute atomic E-state index is 12.3. The Morgan fingerprint density at radius 2 is 1.96 bits per heavy atom. The van der Waals surface area contributed by atoms with Crippen LogP contribution in [0.3, 0.4) is 0 Å².